The van der Waals surface area contributed by atoms with Crippen molar-refractivity contribution >= 4 is 5.97 Å². The van der Waals surface area contributed by atoms with Crippen molar-refractivity contribution in [2.24, 2.45) is 0 Å². The Morgan fingerprint density at radius 2 is 0.917 bits per heavy atom. The van der Waals surface area contributed by atoms with E-state index in [1.54, 1.807) is 6.92 Å². The molecule has 0 atom stereocenters. The minimum atomic E-state index is -9.20. The Bertz CT molecular complexity index is 1280. The number of allylic oxidation sites excluding steroid dienone is 1. The number of halogens is 21. The van der Waals surface area contributed by atoms with Gasteiger partial charge in [-0.25, -0.2) is 4.79 Å². The van der Waals surface area contributed by atoms with Gasteiger partial charge in [-0.3, -0.25) is 0 Å². The Hall–Kier alpha value is -3.04. The number of esters is 1. The third-order valence-electron chi connectivity index (χ3n) is 6.42. The molecular formula is C25H19F21O2. The van der Waals surface area contributed by atoms with Crippen LogP contribution in [0.2, 0.25) is 0 Å². The normalized spacial score (nSPS) is 15.3. The fourth-order valence-corrected chi connectivity index (χ4v) is 3.40. The molecule has 1 rings (SSSR count). The zero-order valence-electron chi connectivity index (χ0n) is 23.3. The van der Waals surface area contributed by atoms with Gasteiger partial charge in [0.1, 0.15) is 6.61 Å². The molecule has 0 heterocycles. The molecule has 0 aliphatic heterocycles. The van der Waals surface area contributed by atoms with Crippen molar-refractivity contribution in [2.75, 3.05) is 0 Å². The van der Waals surface area contributed by atoms with Crippen LogP contribution >= 0.6 is 0 Å². The molecule has 48 heavy (non-hydrogen) atoms. The minimum Gasteiger partial charge on any atom is -0.458 e. The molecule has 0 saturated carbocycles. The summed E-state index contributed by atoms with van der Waals surface area (Å²) in [7, 11) is 0. The molecule has 0 fully saturated rings. The summed E-state index contributed by atoms with van der Waals surface area (Å²) in [4.78, 5) is 11.5. The van der Waals surface area contributed by atoms with Crippen LogP contribution in [0.1, 0.15) is 37.3 Å². The maximum atomic E-state index is 14.2. The number of hydrogen-bond acceptors (Lipinski definition) is 2. The fourth-order valence-electron chi connectivity index (χ4n) is 3.40. The highest BCUT2D eigenvalue weighted by atomic mass is 19.4. The van der Waals surface area contributed by atoms with Gasteiger partial charge in [0.15, 0.2) is 0 Å². The average molecular weight is 750 g/mol. The van der Waals surface area contributed by atoms with Gasteiger partial charge in [-0.05, 0) is 24.0 Å². The Morgan fingerprint density at radius 3 is 1.29 bits per heavy atom. The summed E-state index contributed by atoms with van der Waals surface area (Å²) in [5.41, 5.74) is -0.430. The standard InChI is InChI=1S/C25H19F21O2/c1-2-3-4-5-15(47)48-12-14-8-6-13(7-9-14)10-11-16(26,27)17(28,29)18(30,31)19(32,33)20(34,35)21(36,37)22(38,39)23(40,41)24(42,43)25(44,45)46/h4-9H,2-3,10-12H2,1H3/b5-4+. The summed E-state index contributed by atoms with van der Waals surface area (Å²) in [5, 5.41) is 0. The second-order valence-corrected chi connectivity index (χ2v) is 9.91. The molecule has 0 radical (unpaired) electrons. The molecule has 0 amide bonds. The summed E-state index contributed by atoms with van der Waals surface area (Å²) in [6, 6.07) is 3.51. The van der Waals surface area contributed by atoms with Crippen molar-refractivity contribution in [3.05, 3.63) is 47.5 Å². The molecule has 0 spiro atoms. The number of aryl methyl sites for hydroxylation is 1. The van der Waals surface area contributed by atoms with E-state index in [2.05, 4.69) is 0 Å². The molecule has 0 N–H and O–H groups in total. The van der Waals surface area contributed by atoms with E-state index in [-0.39, 0.29) is 5.56 Å². The first kappa shape index (κ1) is 43.0. The van der Waals surface area contributed by atoms with Crippen molar-refractivity contribution in [2.45, 2.75) is 98.7 Å². The van der Waals surface area contributed by atoms with Gasteiger partial charge in [-0.1, -0.05) is 43.7 Å². The summed E-state index contributed by atoms with van der Waals surface area (Å²) in [6.45, 7) is 1.32. The zero-order chi connectivity index (χ0) is 38.2. The lowest BCUT2D eigenvalue weighted by molar-refractivity contribution is -0.474. The van der Waals surface area contributed by atoms with E-state index in [0.717, 1.165) is 30.3 Å². The van der Waals surface area contributed by atoms with Crippen molar-refractivity contribution < 1.29 is 102 Å². The van der Waals surface area contributed by atoms with Crippen LogP contribution in [0.4, 0.5) is 92.2 Å². The average Bonchev–Trinajstić information content (AvgIpc) is 2.94. The van der Waals surface area contributed by atoms with Crippen LogP contribution in [0.3, 0.4) is 0 Å². The van der Waals surface area contributed by atoms with Gasteiger partial charge in [-0.15, -0.1) is 0 Å². The van der Waals surface area contributed by atoms with Crippen LogP contribution in [0, 0.1) is 0 Å². The third kappa shape index (κ3) is 7.00. The first-order chi connectivity index (χ1) is 21.2. The lowest BCUT2D eigenvalue weighted by Gasteiger charge is -2.44. The van der Waals surface area contributed by atoms with E-state index in [9.17, 15) is 97.0 Å². The Balaban J connectivity index is 3.35. The molecule has 0 aromatic heterocycles. The van der Waals surface area contributed by atoms with Crippen molar-refractivity contribution in [3.8, 4) is 0 Å². The van der Waals surface area contributed by atoms with Gasteiger partial charge in [0, 0.05) is 12.5 Å². The first-order valence-corrected chi connectivity index (χ1v) is 12.5. The number of unbranched alkanes of at least 4 members (excludes halogenated alkanes) is 1. The topological polar surface area (TPSA) is 26.3 Å². The highest BCUT2D eigenvalue weighted by Crippen LogP contribution is 2.66. The van der Waals surface area contributed by atoms with E-state index < -0.39 is 90.5 Å². The van der Waals surface area contributed by atoms with Gasteiger partial charge in [0.25, 0.3) is 0 Å². The van der Waals surface area contributed by atoms with Crippen LogP contribution in [-0.4, -0.2) is 65.4 Å². The quantitative estimate of drug-likeness (QED) is 0.0956. The SMILES string of the molecule is CCC/C=C/C(=O)OCc1ccc(CCC(F)(F)C(F)(F)C(F)(F)C(F)(F)C(F)(F)C(F)(F)C(F)(F)C(F)(F)C(F)(F)C(F)(F)F)cc1. The molecule has 23 heteroatoms. The Morgan fingerprint density at radius 1 is 0.562 bits per heavy atom. The lowest BCUT2D eigenvalue weighted by Crippen LogP contribution is -2.76. The molecule has 0 saturated heterocycles. The van der Waals surface area contributed by atoms with E-state index in [1.807, 2.05) is 0 Å². The molecule has 0 aliphatic rings. The van der Waals surface area contributed by atoms with Gasteiger partial charge < -0.3 is 4.74 Å². The monoisotopic (exact) mass is 750 g/mol. The van der Waals surface area contributed by atoms with Crippen LogP contribution in [0.15, 0.2) is 36.4 Å². The number of carbonyl (C=O) groups excluding carboxylic acids is 1. The number of benzene rings is 1. The first-order valence-electron chi connectivity index (χ1n) is 12.5. The maximum absolute atomic E-state index is 14.2. The van der Waals surface area contributed by atoms with Crippen LogP contribution in [0.25, 0.3) is 0 Å². The largest absolute Gasteiger partial charge is 0.460 e. The van der Waals surface area contributed by atoms with E-state index >= 15 is 0 Å². The van der Waals surface area contributed by atoms with Crippen molar-refractivity contribution in [1.29, 1.82) is 0 Å². The maximum Gasteiger partial charge on any atom is 0.460 e. The molecule has 0 unspecified atom stereocenters. The summed E-state index contributed by atoms with van der Waals surface area (Å²) < 4.78 is 288. The summed E-state index contributed by atoms with van der Waals surface area (Å²) >= 11 is 0. The van der Waals surface area contributed by atoms with Crippen LogP contribution < -0.4 is 0 Å². The minimum absolute atomic E-state index is 0.0952. The highest BCUT2D eigenvalue weighted by Gasteiger charge is 2.97. The molecular weight excluding hydrogens is 731 g/mol. The fraction of sp³-hybridized carbons (Fsp3) is 0.640. The number of ether oxygens (including phenoxy) is 1. The molecule has 2 nitrogen and oxygen atoms in total. The lowest BCUT2D eigenvalue weighted by atomic mass is 9.85. The number of rotatable bonds is 16. The predicted octanol–water partition coefficient (Wildman–Crippen LogP) is 10.3. The van der Waals surface area contributed by atoms with E-state index in [0.29, 0.717) is 12.8 Å². The second kappa shape index (κ2) is 13.3. The smallest absolute Gasteiger partial charge is 0.458 e. The van der Waals surface area contributed by atoms with Crippen molar-refractivity contribution in [3.63, 3.8) is 0 Å². The molecule has 0 aliphatic carbocycles. The number of carbonyl (C=O) groups is 1. The molecule has 278 valence electrons. The van der Waals surface area contributed by atoms with Crippen LogP contribution in [-0.2, 0) is 22.6 Å². The van der Waals surface area contributed by atoms with Gasteiger partial charge in [0.05, 0.1) is 0 Å². The second-order valence-electron chi connectivity index (χ2n) is 9.91. The van der Waals surface area contributed by atoms with Crippen molar-refractivity contribution in [1.82, 2.24) is 0 Å². The molecule has 1 aromatic rings. The van der Waals surface area contributed by atoms with Gasteiger partial charge >= 0.3 is 65.4 Å². The summed E-state index contributed by atoms with van der Waals surface area (Å²) in [6.07, 6.45) is -8.61. The molecule has 1 aromatic carbocycles. The van der Waals surface area contributed by atoms with Gasteiger partial charge in [-0.2, -0.15) is 92.2 Å². The van der Waals surface area contributed by atoms with Gasteiger partial charge in [0.2, 0.25) is 0 Å². The number of alkyl halides is 21. The Labute approximate surface area is 254 Å². The molecule has 0 bridgehead atoms. The van der Waals surface area contributed by atoms with Crippen LogP contribution in [0.5, 0.6) is 0 Å². The third-order valence-corrected chi connectivity index (χ3v) is 6.42. The van der Waals surface area contributed by atoms with E-state index in [1.165, 1.54) is 6.08 Å². The number of hydrogen-bond donors (Lipinski definition) is 0. The Kier molecular flexibility index (Phi) is 12.0. The summed E-state index contributed by atoms with van der Waals surface area (Å²) in [5.74, 6) is -77.9. The van der Waals surface area contributed by atoms with E-state index in [4.69, 9.17) is 4.74 Å². The highest BCUT2D eigenvalue weighted by molar-refractivity contribution is 5.81. The predicted molar refractivity (Wildman–Crippen MR) is 119 cm³/mol. The zero-order valence-corrected chi connectivity index (χ0v) is 23.3.